The normalized spacial score (nSPS) is 14.1. The quantitative estimate of drug-likeness (QED) is 0.160. The van der Waals surface area contributed by atoms with Crippen LogP contribution in [0.4, 0.5) is 5.69 Å². The molecule has 1 N–H and O–H groups in total. The minimum atomic E-state index is -4.64. The summed E-state index contributed by atoms with van der Waals surface area (Å²) in [4.78, 5) is 23.8. The summed E-state index contributed by atoms with van der Waals surface area (Å²) in [5.74, 6) is -1.79. The van der Waals surface area contributed by atoms with E-state index in [2.05, 4.69) is 9.66 Å². The molecule has 0 aliphatic carbocycles. The molecule has 14 heteroatoms. The number of ether oxygens (including phenoxy) is 1. The Morgan fingerprint density at radius 3 is 2.31 bits per heavy atom. The van der Waals surface area contributed by atoms with Crippen molar-refractivity contribution in [1.29, 1.82) is 0 Å². The zero-order valence-corrected chi connectivity index (χ0v) is 22.9. The fraction of sp³-hybridized carbons (Fsp3) is 0.333. The van der Waals surface area contributed by atoms with Crippen molar-refractivity contribution >= 4 is 37.7 Å². The predicted octanol–water partition coefficient (Wildman–Crippen LogP) is -1.74. The second-order valence-electron chi connectivity index (χ2n) is 7.36. The van der Waals surface area contributed by atoms with Gasteiger partial charge in [-0.2, -0.15) is 26.6 Å². The Kier molecular flexibility index (Phi) is 10.9. The molecule has 1 aliphatic heterocycles. The van der Waals surface area contributed by atoms with Gasteiger partial charge in [-0.05, 0) is 30.7 Å². The van der Waals surface area contributed by atoms with Gasteiger partial charge in [0.2, 0.25) is 0 Å². The number of hydrogen-bond acceptors (Lipinski definition) is 11. The zero-order chi connectivity index (χ0) is 24.8. The summed E-state index contributed by atoms with van der Waals surface area (Å²) in [5.41, 5.74) is 3.19. The smallest absolute Gasteiger partial charge is 1.00 e. The number of anilines is 1. The molecule has 0 amide bonds. The molecule has 11 nitrogen and oxygen atoms in total. The third-order valence-electron chi connectivity index (χ3n) is 4.72. The van der Waals surface area contributed by atoms with E-state index in [9.17, 15) is 26.4 Å². The third kappa shape index (κ3) is 8.36. The van der Waals surface area contributed by atoms with Crippen molar-refractivity contribution in [3.05, 3.63) is 54.1 Å². The molecular formula is C21H25N2NaO9S2. The molecule has 1 saturated heterocycles. The number of rotatable bonds is 10. The van der Waals surface area contributed by atoms with E-state index in [1.807, 2.05) is 6.07 Å². The molecule has 35 heavy (non-hydrogen) atoms. The van der Waals surface area contributed by atoms with Crippen LogP contribution < -0.4 is 39.9 Å². The number of Topliss-reactive ketones (excluding diaryl/α,β-unsaturated/α-hetero) is 1. The van der Waals surface area contributed by atoms with Crippen LogP contribution in [0.25, 0.3) is 0 Å². The van der Waals surface area contributed by atoms with E-state index in [0.29, 0.717) is 0 Å². The second kappa shape index (κ2) is 12.9. The van der Waals surface area contributed by atoms with Crippen LogP contribution in [-0.4, -0.2) is 54.9 Å². The van der Waals surface area contributed by atoms with Crippen LogP contribution in [0, 0.1) is 0 Å². The van der Waals surface area contributed by atoms with Crippen molar-refractivity contribution in [2.75, 3.05) is 31.2 Å². The van der Waals surface area contributed by atoms with Gasteiger partial charge in [-0.1, -0.05) is 30.3 Å². The second-order valence-corrected chi connectivity index (χ2v) is 10.4. The Morgan fingerprint density at radius 1 is 1.03 bits per heavy atom. The van der Waals surface area contributed by atoms with Crippen molar-refractivity contribution in [1.82, 2.24) is 5.48 Å². The van der Waals surface area contributed by atoms with Gasteiger partial charge in [0.15, 0.2) is 0 Å². The van der Waals surface area contributed by atoms with Crippen molar-refractivity contribution in [3.63, 3.8) is 0 Å². The van der Waals surface area contributed by atoms with E-state index < -0.39 is 43.3 Å². The monoisotopic (exact) mass is 536 g/mol. The summed E-state index contributed by atoms with van der Waals surface area (Å²) in [6.45, 7) is 2.37. The SMILES string of the molecule is CC(=O)CC(=O)OS(=O)(=O)c1ccc(S(=O)(=O)ONCc2ccccc2)cc1N1CCOCC1.[H-].[Na+]. The Hall–Kier alpha value is -1.84. The molecule has 186 valence electrons. The van der Waals surface area contributed by atoms with Gasteiger partial charge in [0.25, 0.3) is 0 Å². The minimum absolute atomic E-state index is 0. The topological polar surface area (TPSA) is 145 Å². The average molecular weight is 537 g/mol. The number of morpholine rings is 1. The van der Waals surface area contributed by atoms with Gasteiger partial charge in [0, 0.05) is 19.6 Å². The number of carbonyl (C=O) groups is 2. The van der Waals surface area contributed by atoms with Crippen LogP contribution in [0.5, 0.6) is 0 Å². The number of hydroxylamine groups is 1. The Morgan fingerprint density at radius 2 is 1.69 bits per heavy atom. The standard InChI is InChI=1S/C21H24N2O9S2.Na.H/c1-16(24)13-21(25)31-34(28,29)20-8-7-18(14-19(20)23-9-11-30-12-10-23)33(26,27)32-22-15-17-5-3-2-4-6-17;;/h2-8,14,22H,9-13,15H2,1H3;;/q;+1;-1. The summed E-state index contributed by atoms with van der Waals surface area (Å²) in [6.07, 6.45) is -0.709. The number of hydrogen-bond donors (Lipinski definition) is 1. The molecule has 0 radical (unpaired) electrons. The van der Waals surface area contributed by atoms with Crippen molar-refractivity contribution in [2.24, 2.45) is 0 Å². The molecule has 3 rings (SSSR count). The maximum Gasteiger partial charge on any atom is 1.00 e. The maximum absolute atomic E-state index is 12.8. The summed E-state index contributed by atoms with van der Waals surface area (Å²) in [7, 11) is -8.94. The first kappa shape index (κ1) is 29.4. The summed E-state index contributed by atoms with van der Waals surface area (Å²) < 4.78 is 65.7. The van der Waals surface area contributed by atoms with E-state index in [0.717, 1.165) is 30.7 Å². The van der Waals surface area contributed by atoms with E-state index >= 15 is 0 Å². The largest absolute Gasteiger partial charge is 1.00 e. The van der Waals surface area contributed by atoms with Crippen molar-refractivity contribution < 1.29 is 70.6 Å². The minimum Gasteiger partial charge on any atom is -1.00 e. The molecule has 2 aromatic carbocycles. The van der Waals surface area contributed by atoms with E-state index in [1.165, 1.54) is 0 Å². The van der Waals surface area contributed by atoms with Gasteiger partial charge >= 0.3 is 55.8 Å². The van der Waals surface area contributed by atoms with Crippen LogP contribution in [0.2, 0.25) is 0 Å². The van der Waals surface area contributed by atoms with Crippen LogP contribution in [0.15, 0.2) is 58.3 Å². The summed E-state index contributed by atoms with van der Waals surface area (Å²) >= 11 is 0. The van der Waals surface area contributed by atoms with E-state index in [-0.39, 0.29) is 74.4 Å². The Bertz CT molecular complexity index is 1250. The molecule has 1 fully saturated rings. The van der Waals surface area contributed by atoms with Gasteiger partial charge in [0.1, 0.15) is 17.1 Å². The van der Waals surface area contributed by atoms with Crippen LogP contribution >= 0.6 is 0 Å². The molecule has 0 bridgehead atoms. The Labute approximate surface area is 227 Å². The molecular weight excluding hydrogens is 511 g/mol. The molecule has 2 aromatic rings. The predicted molar refractivity (Wildman–Crippen MR) is 121 cm³/mol. The van der Waals surface area contributed by atoms with Gasteiger partial charge in [-0.15, -0.1) is 0 Å². The zero-order valence-electron chi connectivity index (χ0n) is 20.3. The molecule has 1 heterocycles. The molecule has 0 spiro atoms. The van der Waals surface area contributed by atoms with Crippen LogP contribution in [0.1, 0.15) is 20.3 Å². The number of nitrogens with one attached hydrogen (secondary N) is 1. The molecule has 0 atom stereocenters. The first-order chi connectivity index (χ1) is 16.1. The van der Waals surface area contributed by atoms with E-state index in [4.69, 9.17) is 9.02 Å². The Balaban J connectivity index is 0.00000324. The maximum atomic E-state index is 12.8. The average Bonchev–Trinajstić information content (AvgIpc) is 2.79. The van der Waals surface area contributed by atoms with Gasteiger partial charge in [-0.25, -0.2) is 0 Å². The molecule has 0 unspecified atom stereocenters. The van der Waals surface area contributed by atoms with Crippen LogP contribution in [0.3, 0.4) is 0 Å². The van der Waals surface area contributed by atoms with E-state index in [1.54, 1.807) is 29.2 Å². The first-order valence-corrected chi connectivity index (χ1v) is 13.0. The first-order valence-electron chi connectivity index (χ1n) is 10.2. The van der Waals surface area contributed by atoms with Crippen LogP contribution in [-0.2, 0) is 49.6 Å². The van der Waals surface area contributed by atoms with Gasteiger partial charge in [-0.3, -0.25) is 9.59 Å². The number of benzene rings is 2. The summed E-state index contributed by atoms with van der Waals surface area (Å²) in [5, 5.41) is 0. The fourth-order valence-electron chi connectivity index (χ4n) is 3.15. The number of ketones is 1. The fourth-order valence-corrected chi connectivity index (χ4v) is 5.02. The summed E-state index contributed by atoms with van der Waals surface area (Å²) in [6, 6.07) is 12.2. The number of nitrogens with zero attached hydrogens (tertiary/aromatic N) is 1. The van der Waals surface area contributed by atoms with Crippen molar-refractivity contribution in [3.8, 4) is 0 Å². The van der Waals surface area contributed by atoms with Gasteiger partial charge in [0.05, 0.1) is 23.8 Å². The molecule has 0 saturated carbocycles. The third-order valence-corrected chi connectivity index (χ3v) is 7.18. The van der Waals surface area contributed by atoms with Gasteiger partial charge < -0.3 is 15.2 Å². The van der Waals surface area contributed by atoms with Crippen molar-refractivity contribution in [2.45, 2.75) is 29.7 Å². The number of carbonyl (C=O) groups excluding carboxylic acids is 2. The molecule has 1 aliphatic rings. The molecule has 0 aromatic heterocycles.